The molecule has 0 unspecified atom stereocenters. The number of amides is 1. The van der Waals surface area contributed by atoms with Crippen LogP contribution in [0.25, 0.3) is 10.1 Å². The lowest BCUT2D eigenvalue weighted by molar-refractivity contribution is 0.0957. The van der Waals surface area contributed by atoms with Crippen molar-refractivity contribution in [1.29, 1.82) is 0 Å². The van der Waals surface area contributed by atoms with Gasteiger partial charge in [0.25, 0.3) is 5.91 Å². The monoisotopic (exact) mass is 450 g/mol. The molecule has 1 heterocycles. The quantitative estimate of drug-likeness (QED) is 0.281. The number of hydrazone groups is 1. The zero-order valence-corrected chi connectivity index (χ0v) is 18.2. The van der Waals surface area contributed by atoms with E-state index in [0.717, 1.165) is 21.2 Å². The lowest BCUT2D eigenvalue weighted by Gasteiger charge is -2.11. The number of nitrogens with one attached hydrogen (secondary N) is 1. The van der Waals surface area contributed by atoms with Crippen LogP contribution < -0.4 is 14.9 Å². The molecule has 0 aliphatic heterocycles. The van der Waals surface area contributed by atoms with Gasteiger partial charge in [0.1, 0.15) is 18.1 Å². The molecule has 0 saturated heterocycles. The second-order valence-corrected chi connectivity index (χ2v) is 8.01. The summed E-state index contributed by atoms with van der Waals surface area (Å²) in [7, 11) is 1.61. The van der Waals surface area contributed by atoms with Crippen molar-refractivity contribution in [2.45, 2.75) is 6.61 Å². The van der Waals surface area contributed by atoms with E-state index >= 15 is 0 Å². The van der Waals surface area contributed by atoms with Crippen molar-refractivity contribution in [2.24, 2.45) is 5.10 Å². The van der Waals surface area contributed by atoms with E-state index in [1.807, 2.05) is 60.0 Å². The maximum absolute atomic E-state index is 12.5. The summed E-state index contributed by atoms with van der Waals surface area (Å²) >= 11 is 7.44. The number of fused-ring (bicyclic) bond motifs is 1. The molecule has 7 heteroatoms. The van der Waals surface area contributed by atoms with Crippen LogP contribution in [-0.2, 0) is 6.61 Å². The third kappa shape index (κ3) is 5.05. The van der Waals surface area contributed by atoms with E-state index in [4.69, 9.17) is 21.1 Å². The minimum Gasteiger partial charge on any atom is -0.496 e. The Morgan fingerprint density at radius 1 is 1.13 bits per heavy atom. The number of ether oxygens (including phenoxy) is 2. The molecule has 0 fully saturated rings. The van der Waals surface area contributed by atoms with E-state index in [1.54, 1.807) is 25.5 Å². The lowest BCUT2D eigenvalue weighted by atomic mass is 10.1. The highest BCUT2D eigenvalue weighted by Gasteiger charge is 2.11. The number of benzene rings is 3. The Balaban J connectivity index is 1.44. The molecule has 0 aliphatic carbocycles. The summed E-state index contributed by atoms with van der Waals surface area (Å²) in [5, 5.41) is 7.53. The number of carbonyl (C=O) groups excluding carboxylic acids is 1. The molecule has 1 N–H and O–H groups in total. The molecular formula is C24H19ClN2O3S. The highest BCUT2D eigenvalue weighted by atomic mass is 35.5. The van der Waals surface area contributed by atoms with Gasteiger partial charge < -0.3 is 9.47 Å². The second-order valence-electron chi connectivity index (χ2n) is 6.66. The first-order chi connectivity index (χ1) is 15.1. The Bertz CT molecular complexity index is 1240. The van der Waals surface area contributed by atoms with Gasteiger partial charge in [-0.15, -0.1) is 11.3 Å². The largest absolute Gasteiger partial charge is 0.496 e. The molecule has 4 rings (SSSR count). The average molecular weight is 451 g/mol. The van der Waals surface area contributed by atoms with Gasteiger partial charge in [0.05, 0.1) is 18.9 Å². The van der Waals surface area contributed by atoms with Crippen molar-refractivity contribution in [2.75, 3.05) is 7.11 Å². The molecule has 3 aromatic carbocycles. The molecule has 0 radical (unpaired) electrons. The molecule has 1 aromatic heterocycles. The molecular weight excluding hydrogens is 432 g/mol. The Morgan fingerprint density at radius 2 is 1.94 bits per heavy atom. The fraction of sp³-hybridized carbons (Fsp3) is 0.0833. The minimum atomic E-state index is -0.242. The Kier molecular flexibility index (Phi) is 6.50. The number of hydrogen-bond acceptors (Lipinski definition) is 5. The molecule has 156 valence electrons. The number of thiophene rings is 1. The van der Waals surface area contributed by atoms with E-state index in [-0.39, 0.29) is 5.91 Å². The van der Waals surface area contributed by atoms with E-state index in [9.17, 15) is 4.79 Å². The van der Waals surface area contributed by atoms with Gasteiger partial charge in [-0.3, -0.25) is 4.79 Å². The predicted octanol–water partition coefficient (Wildman–Crippen LogP) is 5.91. The predicted molar refractivity (Wildman–Crippen MR) is 126 cm³/mol. The zero-order valence-electron chi connectivity index (χ0n) is 16.7. The number of rotatable bonds is 7. The fourth-order valence-electron chi connectivity index (χ4n) is 3.06. The molecule has 1 amide bonds. The number of hydrogen-bond donors (Lipinski definition) is 1. The summed E-state index contributed by atoms with van der Waals surface area (Å²) in [5.41, 5.74) is 4.88. The minimum absolute atomic E-state index is 0.242. The van der Waals surface area contributed by atoms with Gasteiger partial charge in [0, 0.05) is 26.1 Å². The van der Waals surface area contributed by atoms with Crippen LogP contribution in [0.2, 0.25) is 5.02 Å². The molecule has 0 atom stereocenters. The van der Waals surface area contributed by atoms with Crippen molar-refractivity contribution in [1.82, 2.24) is 5.43 Å². The molecule has 0 spiro atoms. The van der Waals surface area contributed by atoms with Crippen molar-refractivity contribution < 1.29 is 14.3 Å². The van der Waals surface area contributed by atoms with Crippen molar-refractivity contribution in [3.8, 4) is 11.5 Å². The number of carbonyl (C=O) groups is 1. The summed E-state index contributed by atoms with van der Waals surface area (Å²) in [6.07, 6.45) is 1.59. The van der Waals surface area contributed by atoms with Gasteiger partial charge >= 0.3 is 0 Å². The summed E-state index contributed by atoms with van der Waals surface area (Å²) in [4.78, 5) is 12.5. The first-order valence-electron chi connectivity index (χ1n) is 9.49. The normalized spacial score (nSPS) is 11.0. The lowest BCUT2D eigenvalue weighted by Crippen LogP contribution is -2.17. The Morgan fingerprint density at radius 3 is 2.74 bits per heavy atom. The fourth-order valence-corrected chi connectivity index (χ4v) is 4.13. The van der Waals surface area contributed by atoms with Gasteiger partial charge in [-0.25, -0.2) is 5.43 Å². The number of methoxy groups -OCH3 is 1. The smallest absolute Gasteiger partial charge is 0.272 e. The van der Waals surface area contributed by atoms with Crippen LogP contribution in [-0.4, -0.2) is 19.2 Å². The van der Waals surface area contributed by atoms with Gasteiger partial charge in [0.15, 0.2) is 0 Å². The summed E-state index contributed by atoms with van der Waals surface area (Å²) in [6, 6.07) is 20.6. The van der Waals surface area contributed by atoms with Gasteiger partial charge in [0.2, 0.25) is 0 Å². The maximum Gasteiger partial charge on any atom is 0.272 e. The maximum atomic E-state index is 12.5. The van der Waals surface area contributed by atoms with Crippen LogP contribution in [0.3, 0.4) is 0 Å². The summed E-state index contributed by atoms with van der Waals surface area (Å²) in [6.45, 7) is 0.319. The molecule has 31 heavy (non-hydrogen) atoms. The first-order valence-corrected chi connectivity index (χ1v) is 10.7. The van der Waals surface area contributed by atoms with Gasteiger partial charge in [-0.05, 0) is 54.1 Å². The standard InChI is InChI=1S/C24H19ClN2O3S/c1-29-22-11-6-16(12-17(22)14-30-19-9-7-18(25)8-10-19)13-26-27-24(28)21-15-31-23-5-3-2-4-20(21)23/h2-13,15H,14H2,1H3,(H,27,28)/b26-13+. The van der Waals surface area contributed by atoms with Crippen LogP contribution in [0.4, 0.5) is 0 Å². The summed E-state index contributed by atoms with van der Waals surface area (Å²) in [5.74, 6) is 1.18. The third-order valence-electron chi connectivity index (χ3n) is 4.62. The molecule has 0 bridgehead atoms. The highest BCUT2D eigenvalue weighted by molar-refractivity contribution is 7.17. The van der Waals surface area contributed by atoms with Crippen molar-refractivity contribution >= 4 is 45.1 Å². The van der Waals surface area contributed by atoms with E-state index in [2.05, 4.69) is 10.5 Å². The molecule has 5 nitrogen and oxygen atoms in total. The third-order valence-corrected chi connectivity index (χ3v) is 5.83. The zero-order chi connectivity index (χ0) is 21.6. The Hall–Kier alpha value is -3.35. The average Bonchev–Trinajstić information content (AvgIpc) is 3.23. The van der Waals surface area contributed by atoms with Crippen LogP contribution >= 0.6 is 22.9 Å². The van der Waals surface area contributed by atoms with Gasteiger partial charge in [-0.1, -0.05) is 29.8 Å². The number of halogens is 1. The highest BCUT2D eigenvalue weighted by Crippen LogP contribution is 2.25. The van der Waals surface area contributed by atoms with Gasteiger partial charge in [-0.2, -0.15) is 5.10 Å². The number of nitrogens with zero attached hydrogens (tertiary/aromatic N) is 1. The van der Waals surface area contributed by atoms with Crippen LogP contribution in [0.1, 0.15) is 21.5 Å². The van der Waals surface area contributed by atoms with Crippen LogP contribution in [0, 0.1) is 0 Å². The van der Waals surface area contributed by atoms with Crippen molar-refractivity contribution in [3.63, 3.8) is 0 Å². The molecule has 0 saturated carbocycles. The molecule has 4 aromatic rings. The van der Waals surface area contributed by atoms with E-state index in [1.165, 1.54) is 11.3 Å². The van der Waals surface area contributed by atoms with Crippen LogP contribution in [0.5, 0.6) is 11.5 Å². The van der Waals surface area contributed by atoms with E-state index < -0.39 is 0 Å². The SMILES string of the molecule is COc1ccc(/C=N/NC(=O)c2csc3ccccc23)cc1COc1ccc(Cl)cc1. The molecule has 0 aliphatic rings. The topological polar surface area (TPSA) is 59.9 Å². The second kappa shape index (κ2) is 9.64. The Labute approximate surface area is 188 Å². The van der Waals surface area contributed by atoms with E-state index in [0.29, 0.717) is 28.7 Å². The van der Waals surface area contributed by atoms with Crippen molar-refractivity contribution in [3.05, 3.63) is 93.8 Å². The van der Waals surface area contributed by atoms with Crippen LogP contribution in [0.15, 0.2) is 77.2 Å². The first kappa shape index (κ1) is 20.9. The summed E-state index contributed by atoms with van der Waals surface area (Å²) < 4.78 is 12.3.